The number of carbonyl (C=O) groups is 1. The highest BCUT2D eigenvalue weighted by Gasteiger charge is 2.25. The van der Waals surface area contributed by atoms with Gasteiger partial charge < -0.3 is 9.30 Å². The number of carbonyl (C=O) groups excluding carboxylic acids is 1. The van der Waals surface area contributed by atoms with Crippen LogP contribution in [0.3, 0.4) is 0 Å². The van der Waals surface area contributed by atoms with Gasteiger partial charge in [0.2, 0.25) is 0 Å². The summed E-state index contributed by atoms with van der Waals surface area (Å²) >= 11 is 0. The van der Waals surface area contributed by atoms with Crippen molar-refractivity contribution in [3.8, 4) is 22.4 Å². The predicted octanol–water partition coefficient (Wildman–Crippen LogP) is 7.59. The maximum absolute atomic E-state index is 14.0. The van der Waals surface area contributed by atoms with Crippen LogP contribution in [0.5, 0.6) is 0 Å². The zero-order valence-electron chi connectivity index (χ0n) is 22.5. The number of esters is 1. The van der Waals surface area contributed by atoms with Crippen LogP contribution in [0.4, 0.5) is 4.39 Å². The van der Waals surface area contributed by atoms with Gasteiger partial charge in [-0.25, -0.2) is 8.60 Å². The predicted molar refractivity (Wildman–Crippen MR) is 157 cm³/mol. The van der Waals surface area contributed by atoms with E-state index in [4.69, 9.17) is 4.74 Å². The summed E-state index contributed by atoms with van der Waals surface area (Å²) < 4.78 is 35.0. The van der Waals surface area contributed by atoms with Crippen LogP contribution in [0.1, 0.15) is 23.7 Å². The van der Waals surface area contributed by atoms with E-state index < -0.39 is 10.8 Å². The van der Waals surface area contributed by atoms with Gasteiger partial charge in [0.1, 0.15) is 12.4 Å². The maximum atomic E-state index is 14.0. The van der Waals surface area contributed by atoms with E-state index in [1.54, 1.807) is 19.1 Å². The smallest absolute Gasteiger partial charge is 0.325 e. The van der Waals surface area contributed by atoms with E-state index in [-0.39, 0.29) is 24.9 Å². The quantitative estimate of drug-likeness (QED) is 0.177. The lowest BCUT2D eigenvalue weighted by Crippen LogP contribution is -2.15. The van der Waals surface area contributed by atoms with Crippen molar-refractivity contribution >= 4 is 16.8 Å². The molecule has 0 aliphatic heterocycles. The first-order valence-corrected chi connectivity index (χ1v) is 14.4. The Morgan fingerprint density at radius 2 is 1.45 bits per heavy atom. The minimum atomic E-state index is -1.37. The Hall–Kier alpha value is -4.29. The molecule has 1 atom stereocenters. The molecule has 6 heteroatoms. The van der Waals surface area contributed by atoms with Crippen LogP contribution in [0.2, 0.25) is 0 Å². The second-order valence-corrected chi connectivity index (χ2v) is 10.9. The lowest BCUT2D eigenvalue weighted by molar-refractivity contribution is -0.143. The van der Waals surface area contributed by atoms with Crippen molar-refractivity contribution < 1.29 is 18.1 Å². The van der Waals surface area contributed by atoms with Gasteiger partial charge in [-0.1, -0.05) is 78.9 Å². The van der Waals surface area contributed by atoms with Gasteiger partial charge in [-0.15, -0.1) is 0 Å². The monoisotopic (exact) mass is 551 g/mol. The average Bonchev–Trinajstić information content (AvgIpc) is 3.25. The normalized spacial score (nSPS) is 11.8. The van der Waals surface area contributed by atoms with Crippen LogP contribution in [0.25, 0.3) is 22.4 Å². The summed E-state index contributed by atoms with van der Waals surface area (Å²) in [6.45, 7) is 4.11. The molecule has 0 aliphatic carbocycles. The number of hydrogen-bond acceptors (Lipinski definition) is 3. The summed E-state index contributed by atoms with van der Waals surface area (Å²) in [5.41, 5.74) is 6.33. The van der Waals surface area contributed by atoms with Crippen LogP contribution < -0.4 is 0 Å². The van der Waals surface area contributed by atoms with Crippen molar-refractivity contribution in [2.45, 2.75) is 36.6 Å². The molecule has 5 rings (SSSR count). The number of ether oxygens (including phenoxy) is 1. The molecule has 5 aromatic rings. The van der Waals surface area contributed by atoms with E-state index in [2.05, 4.69) is 0 Å². The van der Waals surface area contributed by atoms with Crippen LogP contribution >= 0.6 is 0 Å². The second-order valence-electron chi connectivity index (χ2n) is 9.42. The molecule has 0 fully saturated rings. The molecule has 40 heavy (non-hydrogen) atoms. The number of nitrogens with zero attached hydrogens (tertiary/aromatic N) is 1. The molecule has 0 saturated heterocycles. The Bertz CT molecular complexity index is 1640. The Morgan fingerprint density at radius 1 is 0.825 bits per heavy atom. The zero-order valence-corrected chi connectivity index (χ0v) is 23.3. The summed E-state index contributed by atoms with van der Waals surface area (Å²) in [6, 6.07) is 33.4. The first kappa shape index (κ1) is 27.3. The number of halogens is 1. The van der Waals surface area contributed by atoms with E-state index in [9.17, 15) is 13.4 Å². The summed E-state index contributed by atoms with van der Waals surface area (Å²) in [7, 11) is -1.37. The van der Waals surface area contributed by atoms with E-state index >= 15 is 0 Å². The van der Waals surface area contributed by atoms with Crippen molar-refractivity contribution in [1.29, 1.82) is 0 Å². The third kappa shape index (κ3) is 5.68. The van der Waals surface area contributed by atoms with Gasteiger partial charge in [-0.05, 0) is 66.4 Å². The standard InChI is InChI=1S/C34H30FNO3S/c1-3-39-32(37)23-36-24(2)30(22-27-14-10-11-17-31(27)40(38)29-15-8-5-9-16-29)33(25-18-20-28(35)21-19-25)34(36)26-12-6-4-7-13-26/h4-21H,3,22-23H2,1-2H3. The molecule has 0 amide bonds. The average molecular weight is 552 g/mol. The molecule has 0 saturated carbocycles. The number of benzene rings is 4. The van der Waals surface area contributed by atoms with Crippen molar-refractivity contribution in [1.82, 2.24) is 4.57 Å². The molecule has 0 radical (unpaired) electrons. The molecule has 4 aromatic carbocycles. The fraction of sp³-hybridized carbons (Fsp3) is 0.147. The molecule has 0 aliphatic rings. The van der Waals surface area contributed by atoms with Crippen LogP contribution in [-0.4, -0.2) is 21.4 Å². The largest absolute Gasteiger partial charge is 0.465 e. The first-order valence-electron chi connectivity index (χ1n) is 13.2. The molecule has 1 heterocycles. The molecule has 1 aromatic heterocycles. The van der Waals surface area contributed by atoms with E-state index in [1.165, 1.54) is 12.1 Å². The highest BCUT2D eigenvalue weighted by Crippen LogP contribution is 2.41. The van der Waals surface area contributed by atoms with Gasteiger partial charge in [0, 0.05) is 27.5 Å². The van der Waals surface area contributed by atoms with Gasteiger partial charge in [0.15, 0.2) is 0 Å². The van der Waals surface area contributed by atoms with Crippen molar-refractivity contribution in [3.05, 3.63) is 132 Å². The van der Waals surface area contributed by atoms with Gasteiger partial charge in [-0.3, -0.25) is 4.79 Å². The van der Waals surface area contributed by atoms with Crippen molar-refractivity contribution in [2.24, 2.45) is 0 Å². The molecule has 4 nitrogen and oxygen atoms in total. The third-order valence-corrected chi connectivity index (χ3v) is 8.42. The highest BCUT2D eigenvalue weighted by molar-refractivity contribution is 7.85. The summed E-state index contributed by atoms with van der Waals surface area (Å²) in [5, 5.41) is 0. The molecule has 1 unspecified atom stereocenters. The van der Waals surface area contributed by atoms with Gasteiger partial charge in [-0.2, -0.15) is 0 Å². The zero-order chi connectivity index (χ0) is 28.1. The van der Waals surface area contributed by atoms with E-state index in [0.717, 1.165) is 49.0 Å². The Labute approximate surface area is 236 Å². The topological polar surface area (TPSA) is 48.3 Å². The third-order valence-electron chi connectivity index (χ3n) is 6.92. The molecular formula is C34H30FNO3S. The van der Waals surface area contributed by atoms with Crippen molar-refractivity contribution in [2.75, 3.05) is 6.61 Å². The molecular weight excluding hydrogens is 521 g/mol. The second kappa shape index (κ2) is 12.3. The molecule has 0 bridgehead atoms. The van der Waals surface area contributed by atoms with Gasteiger partial charge in [0.05, 0.1) is 23.1 Å². The molecule has 0 spiro atoms. The van der Waals surface area contributed by atoms with Crippen molar-refractivity contribution in [3.63, 3.8) is 0 Å². The van der Waals surface area contributed by atoms with Crippen LogP contribution in [0, 0.1) is 12.7 Å². The summed E-state index contributed by atoms with van der Waals surface area (Å²) in [4.78, 5) is 14.2. The number of hydrogen-bond donors (Lipinski definition) is 0. The molecule has 0 N–H and O–H groups in total. The minimum Gasteiger partial charge on any atom is -0.465 e. The molecule has 202 valence electrons. The van der Waals surface area contributed by atoms with E-state index in [0.29, 0.717) is 6.42 Å². The highest BCUT2D eigenvalue weighted by atomic mass is 32.2. The number of aromatic nitrogens is 1. The Balaban J connectivity index is 1.73. The van der Waals surface area contributed by atoms with Gasteiger partial charge in [0.25, 0.3) is 0 Å². The lowest BCUT2D eigenvalue weighted by Gasteiger charge is -2.13. The Kier molecular flexibility index (Phi) is 8.37. The first-order chi connectivity index (χ1) is 19.5. The SMILES string of the molecule is CCOC(=O)Cn1c(C)c(Cc2ccccc2S(=O)c2ccccc2)c(-c2ccc(F)cc2)c1-c1ccccc1. The van der Waals surface area contributed by atoms with Gasteiger partial charge >= 0.3 is 5.97 Å². The summed E-state index contributed by atoms with van der Waals surface area (Å²) in [6.07, 6.45) is 0.475. The number of rotatable bonds is 9. The lowest BCUT2D eigenvalue weighted by atomic mass is 9.93. The van der Waals surface area contributed by atoms with E-state index in [1.807, 2.05) is 96.4 Å². The Morgan fingerprint density at radius 3 is 2.12 bits per heavy atom. The fourth-order valence-corrected chi connectivity index (χ4v) is 6.29. The maximum Gasteiger partial charge on any atom is 0.325 e. The minimum absolute atomic E-state index is 0.0374. The fourth-order valence-electron chi connectivity index (χ4n) is 5.06. The van der Waals surface area contributed by atoms with Crippen LogP contribution in [-0.2, 0) is 33.3 Å². The summed E-state index contributed by atoms with van der Waals surface area (Å²) in [5.74, 6) is -0.654. The van der Waals surface area contributed by atoms with Crippen LogP contribution in [0.15, 0.2) is 119 Å².